The fourth-order valence-electron chi connectivity index (χ4n) is 3.19. The number of phenols is 1. The molecule has 0 saturated heterocycles. The van der Waals surface area contributed by atoms with Gasteiger partial charge in [0, 0.05) is 23.9 Å². The molecule has 3 N–H and O–H groups in total. The molecule has 192 valence electrons. The van der Waals surface area contributed by atoms with Gasteiger partial charge >= 0.3 is 6.18 Å². The number of halogens is 3. The number of nitrogens with one attached hydrogen (secondary N) is 2. The number of hydrogen-bond donors (Lipinski definition) is 3. The van der Waals surface area contributed by atoms with Crippen molar-refractivity contribution in [3.8, 4) is 22.6 Å². The van der Waals surface area contributed by atoms with Crippen molar-refractivity contribution >= 4 is 27.3 Å². The van der Waals surface area contributed by atoms with Crippen LogP contribution in [0, 0.1) is 0 Å². The summed E-state index contributed by atoms with van der Waals surface area (Å²) >= 11 is 0. The van der Waals surface area contributed by atoms with Crippen LogP contribution in [0.3, 0.4) is 0 Å². The van der Waals surface area contributed by atoms with Gasteiger partial charge in [-0.3, -0.25) is 9.52 Å². The van der Waals surface area contributed by atoms with Gasteiger partial charge in [-0.15, -0.1) is 0 Å². The molecule has 12 heteroatoms. The van der Waals surface area contributed by atoms with Gasteiger partial charge in [-0.05, 0) is 48.0 Å². The van der Waals surface area contributed by atoms with Gasteiger partial charge in [0.15, 0.2) is 0 Å². The van der Waals surface area contributed by atoms with Crippen LogP contribution < -0.4 is 14.8 Å². The number of amides is 1. The van der Waals surface area contributed by atoms with E-state index in [0.29, 0.717) is 11.1 Å². The highest BCUT2D eigenvalue weighted by molar-refractivity contribution is 7.92. The van der Waals surface area contributed by atoms with Crippen LogP contribution in [0.4, 0.5) is 24.5 Å². The van der Waals surface area contributed by atoms with Crippen LogP contribution in [0.25, 0.3) is 11.1 Å². The zero-order valence-corrected chi connectivity index (χ0v) is 20.0. The van der Waals surface area contributed by atoms with Crippen molar-refractivity contribution in [1.29, 1.82) is 0 Å². The van der Waals surface area contributed by atoms with Gasteiger partial charge in [0.05, 0.1) is 24.1 Å². The maximum absolute atomic E-state index is 13.2. The van der Waals surface area contributed by atoms with Crippen LogP contribution in [0.2, 0.25) is 0 Å². The zero-order valence-electron chi connectivity index (χ0n) is 19.2. The SMILES string of the molecule is COCCOc1cc(C(F)(F)F)ccc1-c1ccc(C(=O)Nc2ccc(O)c(NS(C)(=O)=O)c2)cc1. The summed E-state index contributed by atoms with van der Waals surface area (Å²) in [6, 6.07) is 13.1. The highest BCUT2D eigenvalue weighted by atomic mass is 32.2. The van der Waals surface area contributed by atoms with Gasteiger partial charge in [0.2, 0.25) is 10.0 Å². The summed E-state index contributed by atoms with van der Waals surface area (Å²) in [4.78, 5) is 12.7. The van der Waals surface area contributed by atoms with E-state index in [4.69, 9.17) is 9.47 Å². The van der Waals surface area contributed by atoms with E-state index >= 15 is 0 Å². The highest BCUT2D eigenvalue weighted by Crippen LogP contribution is 2.37. The Morgan fingerprint density at radius 1 is 1.00 bits per heavy atom. The first kappa shape index (κ1) is 26.8. The lowest BCUT2D eigenvalue weighted by atomic mass is 10.0. The normalized spacial score (nSPS) is 11.7. The maximum Gasteiger partial charge on any atom is 0.416 e. The first-order chi connectivity index (χ1) is 16.9. The maximum atomic E-state index is 13.2. The minimum Gasteiger partial charge on any atom is -0.506 e. The van der Waals surface area contributed by atoms with Crippen molar-refractivity contribution in [3.63, 3.8) is 0 Å². The molecule has 0 aliphatic heterocycles. The summed E-state index contributed by atoms with van der Waals surface area (Å²) in [7, 11) is -2.21. The van der Waals surface area contributed by atoms with Gasteiger partial charge in [-0.25, -0.2) is 8.42 Å². The van der Waals surface area contributed by atoms with Crippen LogP contribution >= 0.6 is 0 Å². The number of benzene rings is 3. The molecular formula is C24H23F3N2O6S. The Hall–Kier alpha value is -3.77. The third kappa shape index (κ3) is 7.12. The number of carbonyl (C=O) groups excluding carboxylic acids is 1. The van der Waals surface area contributed by atoms with Crippen molar-refractivity contribution in [2.75, 3.05) is 36.6 Å². The minimum atomic E-state index is -4.54. The molecule has 0 aliphatic rings. The highest BCUT2D eigenvalue weighted by Gasteiger charge is 2.31. The molecule has 0 aromatic heterocycles. The second kappa shape index (κ2) is 10.9. The molecule has 0 fully saturated rings. The van der Waals surface area contributed by atoms with Gasteiger partial charge < -0.3 is 19.9 Å². The third-order valence-corrected chi connectivity index (χ3v) is 5.45. The fraction of sp³-hybridized carbons (Fsp3) is 0.208. The van der Waals surface area contributed by atoms with Gasteiger partial charge in [-0.2, -0.15) is 13.2 Å². The number of ether oxygens (including phenoxy) is 2. The molecule has 1 amide bonds. The van der Waals surface area contributed by atoms with Crippen molar-refractivity contribution in [2.24, 2.45) is 0 Å². The average molecular weight is 525 g/mol. The molecule has 0 heterocycles. The summed E-state index contributed by atoms with van der Waals surface area (Å²) in [6.45, 7) is 0.238. The third-order valence-electron chi connectivity index (χ3n) is 4.86. The van der Waals surface area contributed by atoms with Gasteiger partial charge in [0.1, 0.15) is 18.1 Å². The number of phenolic OH excluding ortho intramolecular Hbond substituents is 1. The van der Waals surface area contributed by atoms with E-state index < -0.39 is 27.7 Å². The predicted molar refractivity (Wildman–Crippen MR) is 129 cm³/mol. The Balaban J connectivity index is 1.82. The molecule has 0 aliphatic carbocycles. The van der Waals surface area contributed by atoms with Gasteiger partial charge in [-0.1, -0.05) is 18.2 Å². The lowest BCUT2D eigenvalue weighted by Gasteiger charge is -2.15. The second-order valence-electron chi connectivity index (χ2n) is 7.69. The second-order valence-corrected chi connectivity index (χ2v) is 9.44. The number of methoxy groups -OCH3 is 1. The van der Waals surface area contributed by atoms with Crippen molar-refractivity contribution in [2.45, 2.75) is 6.18 Å². The molecule has 0 atom stereocenters. The van der Waals surface area contributed by atoms with E-state index in [1.54, 1.807) is 12.1 Å². The van der Waals surface area contributed by atoms with Crippen LogP contribution in [0.15, 0.2) is 60.7 Å². The van der Waals surface area contributed by atoms with Crippen LogP contribution in [0.5, 0.6) is 11.5 Å². The van der Waals surface area contributed by atoms with Gasteiger partial charge in [0.25, 0.3) is 5.91 Å². The molecule has 3 rings (SSSR count). The Kier molecular flexibility index (Phi) is 8.10. The summed E-state index contributed by atoms with van der Waals surface area (Å²) in [5, 5.41) is 12.4. The molecule has 0 bridgehead atoms. The summed E-state index contributed by atoms with van der Waals surface area (Å²) in [5.74, 6) is -0.821. The van der Waals surface area contributed by atoms with E-state index in [-0.39, 0.29) is 41.7 Å². The summed E-state index contributed by atoms with van der Waals surface area (Å²) in [6.07, 6.45) is -3.62. The molecule has 36 heavy (non-hydrogen) atoms. The van der Waals surface area contributed by atoms with E-state index in [1.165, 1.54) is 43.5 Å². The Morgan fingerprint density at radius 3 is 2.31 bits per heavy atom. The monoisotopic (exact) mass is 524 g/mol. The molecule has 3 aromatic carbocycles. The fourth-order valence-corrected chi connectivity index (χ4v) is 3.75. The zero-order chi connectivity index (χ0) is 26.5. The van der Waals surface area contributed by atoms with Crippen LogP contribution in [-0.2, 0) is 20.9 Å². The van der Waals surface area contributed by atoms with Crippen LogP contribution in [-0.4, -0.2) is 46.0 Å². The first-order valence-electron chi connectivity index (χ1n) is 10.4. The van der Waals surface area contributed by atoms with Crippen molar-refractivity contribution in [1.82, 2.24) is 0 Å². The molecular weight excluding hydrogens is 501 g/mol. The molecule has 0 unspecified atom stereocenters. The van der Waals surface area contributed by atoms with E-state index in [1.807, 2.05) is 0 Å². The summed E-state index contributed by atoms with van der Waals surface area (Å²) in [5.41, 5.74) is 0.433. The number of anilines is 2. The minimum absolute atomic E-state index is 0.0223. The topological polar surface area (TPSA) is 114 Å². The lowest BCUT2D eigenvalue weighted by Crippen LogP contribution is -2.13. The Bertz CT molecular complexity index is 1340. The number of sulfonamides is 1. The first-order valence-corrected chi connectivity index (χ1v) is 12.3. The van der Waals surface area contributed by atoms with E-state index in [9.17, 15) is 31.5 Å². The van der Waals surface area contributed by atoms with Crippen LogP contribution in [0.1, 0.15) is 15.9 Å². The summed E-state index contributed by atoms with van der Waals surface area (Å²) < 4.78 is 74.9. The number of hydrogen-bond acceptors (Lipinski definition) is 6. The quantitative estimate of drug-likeness (QED) is 0.212. The smallest absolute Gasteiger partial charge is 0.416 e. The van der Waals surface area contributed by atoms with Crippen molar-refractivity contribution < 1.29 is 41.0 Å². The number of alkyl halides is 3. The largest absolute Gasteiger partial charge is 0.506 e. The molecule has 8 nitrogen and oxygen atoms in total. The Morgan fingerprint density at radius 2 is 1.69 bits per heavy atom. The molecule has 0 saturated carbocycles. The van der Waals surface area contributed by atoms with E-state index in [2.05, 4.69) is 10.0 Å². The standard InChI is InChI=1S/C24H23F3N2O6S/c1-34-11-12-35-22-13-17(24(25,26)27)7-9-19(22)15-3-5-16(6-4-15)23(31)28-18-8-10-21(30)20(14-18)29-36(2,32)33/h3-10,13-14,29-30H,11-12H2,1-2H3,(H,28,31). The number of rotatable bonds is 9. The average Bonchev–Trinajstić information content (AvgIpc) is 2.80. The molecule has 0 radical (unpaired) electrons. The number of carbonyl (C=O) groups is 1. The lowest BCUT2D eigenvalue weighted by molar-refractivity contribution is -0.137. The van der Waals surface area contributed by atoms with E-state index in [0.717, 1.165) is 18.4 Å². The number of aromatic hydroxyl groups is 1. The Labute approximate surface area is 205 Å². The van der Waals surface area contributed by atoms with Crippen molar-refractivity contribution in [3.05, 3.63) is 71.8 Å². The predicted octanol–water partition coefficient (Wildman–Crippen LogP) is 4.73. The molecule has 0 spiro atoms. The molecule has 3 aromatic rings.